The molecule has 1 saturated carbocycles. The van der Waals surface area contributed by atoms with Crippen LogP contribution in [0.4, 0.5) is 0 Å². The van der Waals surface area contributed by atoms with Crippen molar-refractivity contribution in [2.45, 2.75) is 38.6 Å². The number of amides is 1. The summed E-state index contributed by atoms with van der Waals surface area (Å²) in [6.07, 6.45) is 3.65. The van der Waals surface area contributed by atoms with Crippen LogP contribution < -0.4 is 5.73 Å². The van der Waals surface area contributed by atoms with Crippen LogP contribution in [-0.2, 0) is 9.59 Å². The Morgan fingerprint density at radius 1 is 1.28 bits per heavy atom. The van der Waals surface area contributed by atoms with Crippen molar-refractivity contribution in [1.82, 2.24) is 4.90 Å². The van der Waals surface area contributed by atoms with Crippen molar-refractivity contribution >= 4 is 11.9 Å². The summed E-state index contributed by atoms with van der Waals surface area (Å²) >= 11 is 0. The number of carboxylic acid groups (broad SMARTS) is 1. The minimum absolute atomic E-state index is 0.00787. The Bertz CT molecular complexity index is 345. The highest BCUT2D eigenvalue weighted by Gasteiger charge is 2.39. The van der Waals surface area contributed by atoms with E-state index in [1.165, 1.54) is 0 Å². The summed E-state index contributed by atoms with van der Waals surface area (Å²) < 4.78 is 0. The number of carboxylic acids is 1. The number of hydrogen-bond donors (Lipinski definition) is 2. The average Bonchev–Trinajstić information content (AvgIpc) is 2.70. The molecule has 0 aromatic carbocycles. The predicted molar refractivity (Wildman–Crippen MR) is 66.8 cm³/mol. The fourth-order valence-corrected chi connectivity index (χ4v) is 3.18. The molecule has 2 rings (SSSR count). The molecule has 1 heterocycles. The summed E-state index contributed by atoms with van der Waals surface area (Å²) in [5, 5.41) is 9.08. The third-order valence-corrected chi connectivity index (χ3v) is 4.31. The van der Waals surface area contributed by atoms with Gasteiger partial charge in [-0.3, -0.25) is 9.59 Å². The Morgan fingerprint density at radius 2 is 2.00 bits per heavy atom. The maximum Gasteiger partial charge on any atom is 0.308 e. The van der Waals surface area contributed by atoms with E-state index in [0.717, 1.165) is 25.7 Å². The lowest BCUT2D eigenvalue weighted by molar-refractivity contribution is -0.142. The van der Waals surface area contributed by atoms with Crippen LogP contribution >= 0.6 is 0 Å². The lowest BCUT2D eigenvalue weighted by atomic mass is 9.85. The molecule has 2 unspecified atom stereocenters. The highest BCUT2D eigenvalue weighted by Crippen LogP contribution is 2.29. The number of carbonyl (C=O) groups is 2. The van der Waals surface area contributed by atoms with Gasteiger partial charge in [-0.05, 0) is 25.2 Å². The molecule has 18 heavy (non-hydrogen) atoms. The number of likely N-dealkylation sites (tertiary alicyclic amines) is 1. The van der Waals surface area contributed by atoms with Gasteiger partial charge in [0.05, 0.1) is 5.92 Å². The van der Waals surface area contributed by atoms with Crippen molar-refractivity contribution in [2.24, 2.45) is 23.5 Å². The minimum atomic E-state index is -0.793. The number of rotatable bonds is 2. The Labute approximate surface area is 107 Å². The first-order chi connectivity index (χ1) is 8.49. The first-order valence-corrected chi connectivity index (χ1v) is 6.76. The van der Waals surface area contributed by atoms with E-state index < -0.39 is 11.9 Å². The van der Waals surface area contributed by atoms with E-state index in [0.29, 0.717) is 13.1 Å². The molecule has 2 aliphatic rings. The molecule has 0 bridgehead atoms. The summed E-state index contributed by atoms with van der Waals surface area (Å²) in [5.74, 6) is -1.04. The third kappa shape index (κ3) is 2.66. The van der Waals surface area contributed by atoms with Crippen molar-refractivity contribution in [1.29, 1.82) is 0 Å². The molecule has 102 valence electrons. The molecule has 1 amide bonds. The number of aliphatic carboxylic acids is 1. The van der Waals surface area contributed by atoms with E-state index in [2.05, 4.69) is 0 Å². The zero-order valence-corrected chi connectivity index (χ0v) is 10.8. The summed E-state index contributed by atoms with van der Waals surface area (Å²) in [4.78, 5) is 25.1. The Kier molecular flexibility index (Phi) is 3.90. The number of nitrogens with two attached hydrogens (primary N) is 1. The van der Waals surface area contributed by atoms with Crippen molar-refractivity contribution < 1.29 is 14.7 Å². The number of hydrogen-bond acceptors (Lipinski definition) is 3. The zero-order chi connectivity index (χ0) is 13.3. The van der Waals surface area contributed by atoms with Crippen molar-refractivity contribution in [3.05, 3.63) is 0 Å². The highest BCUT2D eigenvalue weighted by molar-refractivity contribution is 5.81. The van der Waals surface area contributed by atoms with Gasteiger partial charge in [-0.1, -0.05) is 13.3 Å². The van der Waals surface area contributed by atoms with Crippen LogP contribution in [0.3, 0.4) is 0 Å². The molecular weight excluding hydrogens is 232 g/mol. The van der Waals surface area contributed by atoms with Gasteiger partial charge in [0.15, 0.2) is 0 Å². The molecular formula is C13H22N2O3. The van der Waals surface area contributed by atoms with Crippen molar-refractivity contribution in [3.63, 3.8) is 0 Å². The molecule has 0 aromatic heterocycles. The Hall–Kier alpha value is -1.10. The van der Waals surface area contributed by atoms with Crippen LogP contribution in [0.15, 0.2) is 0 Å². The van der Waals surface area contributed by atoms with Crippen LogP contribution in [0.2, 0.25) is 0 Å². The van der Waals surface area contributed by atoms with Gasteiger partial charge in [0.1, 0.15) is 0 Å². The molecule has 1 aliphatic carbocycles. The average molecular weight is 254 g/mol. The molecule has 5 nitrogen and oxygen atoms in total. The van der Waals surface area contributed by atoms with Gasteiger partial charge in [0.2, 0.25) is 5.91 Å². The van der Waals surface area contributed by atoms with Crippen LogP contribution in [-0.4, -0.2) is 41.0 Å². The summed E-state index contributed by atoms with van der Waals surface area (Å²) in [5.41, 5.74) is 5.90. The fraction of sp³-hybridized carbons (Fsp3) is 0.846. The largest absolute Gasteiger partial charge is 0.481 e. The molecule has 2 fully saturated rings. The predicted octanol–water partition coefficient (Wildman–Crippen LogP) is 0.683. The molecule has 1 saturated heterocycles. The Morgan fingerprint density at radius 3 is 2.56 bits per heavy atom. The van der Waals surface area contributed by atoms with Gasteiger partial charge >= 0.3 is 5.97 Å². The lowest BCUT2D eigenvalue weighted by Gasteiger charge is -2.29. The second kappa shape index (κ2) is 5.26. The van der Waals surface area contributed by atoms with E-state index in [1.807, 2.05) is 6.92 Å². The number of nitrogens with zero attached hydrogens (tertiary/aromatic N) is 1. The van der Waals surface area contributed by atoms with Gasteiger partial charge in [-0.2, -0.15) is 0 Å². The number of carbonyl (C=O) groups excluding carboxylic acids is 1. The van der Waals surface area contributed by atoms with E-state index in [-0.39, 0.29) is 23.8 Å². The standard InChI is InChI=1S/C13H22N2O3/c1-8-6-15(7-11(8)13(17)18)12(16)9-3-2-4-10(14)5-9/h8-11H,2-7,14H2,1H3,(H,17,18)/t8-,9?,10?,11-/m1/s1. The van der Waals surface area contributed by atoms with Crippen molar-refractivity contribution in [2.75, 3.05) is 13.1 Å². The van der Waals surface area contributed by atoms with Gasteiger partial charge < -0.3 is 15.7 Å². The van der Waals surface area contributed by atoms with Gasteiger partial charge in [0.25, 0.3) is 0 Å². The SMILES string of the molecule is C[C@@H]1CN(C(=O)C2CCCC(N)C2)C[C@H]1C(=O)O. The molecule has 0 radical (unpaired) electrons. The second-order valence-corrected chi connectivity index (χ2v) is 5.79. The second-order valence-electron chi connectivity index (χ2n) is 5.79. The molecule has 5 heteroatoms. The topological polar surface area (TPSA) is 83.6 Å². The summed E-state index contributed by atoms with van der Waals surface area (Å²) in [6, 6.07) is 0.128. The molecule has 3 N–H and O–H groups in total. The maximum atomic E-state index is 12.3. The summed E-state index contributed by atoms with van der Waals surface area (Å²) in [7, 11) is 0. The van der Waals surface area contributed by atoms with E-state index >= 15 is 0 Å². The monoisotopic (exact) mass is 254 g/mol. The maximum absolute atomic E-state index is 12.3. The lowest BCUT2D eigenvalue weighted by Crippen LogP contribution is -2.40. The van der Waals surface area contributed by atoms with Crippen LogP contribution in [0.1, 0.15) is 32.6 Å². The van der Waals surface area contributed by atoms with Crippen LogP contribution in [0.25, 0.3) is 0 Å². The highest BCUT2D eigenvalue weighted by atomic mass is 16.4. The van der Waals surface area contributed by atoms with Gasteiger partial charge in [0, 0.05) is 25.0 Å². The first-order valence-electron chi connectivity index (χ1n) is 6.76. The third-order valence-electron chi connectivity index (χ3n) is 4.31. The van der Waals surface area contributed by atoms with Crippen LogP contribution in [0, 0.1) is 17.8 Å². The normalized spacial score (nSPS) is 36.7. The molecule has 0 aromatic rings. The molecule has 1 aliphatic heterocycles. The quantitative estimate of drug-likeness (QED) is 0.759. The molecule has 0 spiro atoms. The van der Waals surface area contributed by atoms with E-state index in [4.69, 9.17) is 10.8 Å². The van der Waals surface area contributed by atoms with Crippen molar-refractivity contribution in [3.8, 4) is 0 Å². The van der Waals surface area contributed by atoms with E-state index in [1.54, 1.807) is 4.90 Å². The Balaban J connectivity index is 1.96. The molecule has 4 atom stereocenters. The first kappa shape index (κ1) is 13.3. The van der Waals surface area contributed by atoms with Gasteiger partial charge in [-0.15, -0.1) is 0 Å². The zero-order valence-electron chi connectivity index (χ0n) is 10.8. The minimum Gasteiger partial charge on any atom is -0.481 e. The fourth-order valence-electron chi connectivity index (χ4n) is 3.18. The smallest absolute Gasteiger partial charge is 0.308 e. The van der Waals surface area contributed by atoms with Crippen LogP contribution in [0.5, 0.6) is 0 Å². The van der Waals surface area contributed by atoms with Gasteiger partial charge in [-0.25, -0.2) is 0 Å². The van der Waals surface area contributed by atoms with E-state index in [9.17, 15) is 9.59 Å². The summed E-state index contributed by atoms with van der Waals surface area (Å²) in [6.45, 7) is 2.83.